The standard InChI is InChI=1S/C24H18Cl2FN3O2S/c1-14(22(31)28-21-12-16(25)8-11-19(21)26)33-24-29-20-5-3-2-4-18(20)23(32)30(24)13-15-6-9-17(27)10-7-15/h2-12,14H,13H2,1H3,(H,28,31)/t14-/m1/s1. The van der Waals surface area contributed by atoms with Gasteiger partial charge in [0.2, 0.25) is 5.91 Å². The lowest BCUT2D eigenvalue weighted by atomic mass is 10.2. The Morgan fingerprint density at radius 2 is 1.85 bits per heavy atom. The van der Waals surface area contributed by atoms with E-state index in [2.05, 4.69) is 10.3 Å². The summed E-state index contributed by atoms with van der Waals surface area (Å²) in [5, 5.41) is 3.81. The van der Waals surface area contributed by atoms with E-state index in [0.29, 0.717) is 31.8 Å². The van der Waals surface area contributed by atoms with E-state index in [9.17, 15) is 14.0 Å². The maximum Gasteiger partial charge on any atom is 0.262 e. The first-order valence-corrected chi connectivity index (χ1v) is 11.6. The molecule has 5 nitrogen and oxygen atoms in total. The van der Waals surface area contributed by atoms with Gasteiger partial charge >= 0.3 is 0 Å². The second kappa shape index (κ2) is 9.95. The third-order valence-corrected chi connectivity index (χ3v) is 6.57. The van der Waals surface area contributed by atoms with Crippen LogP contribution in [0.1, 0.15) is 12.5 Å². The summed E-state index contributed by atoms with van der Waals surface area (Å²) < 4.78 is 14.8. The van der Waals surface area contributed by atoms with Crippen LogP contribution in [0.2, 0.25) is 10.0 Å². The SMILES string of the molecule is C[C@@H](Sc1nc2ccccc2c(=O)n1Cc1ccc(F)cc1)C(=O)Nc1cc(Cl)ccc1Cl. The van der Waals surface area contributed by atoms with Crippen LogP contribution in [0.15, 0.2) is 76.7 Å². The van der Waals surface area contributed by atoms with Crippen LogP contribution in [-0.2, 0) is 11.3 Å². The molecule has 0 unspecified atom stereocenters. The summed E-state index contributed by atoms with van der Waals surface area (Å²) in [4.78, 5) is 30.7. The number of aromatic nitrogens is 2. The molecule has 9 heteroatoms. The van der Waals surface area contributed by atoms with Crippen LogP contribution in [0.5, 0.6) is 0 Å². The lowest BCUT2D eigenvalue weighted by Crippen LogP contribution is -2.27. The van der Waals surface area contributed by atoms with E-state index in [1.54, 1.807) is 61.5 Å². The molecule has 1 atom stereocenters. The zero-order chi connectivity index (χ0) is 23.5. The van der Waals surface area contributed by atoms with Gasteiger partial charge in [-0.1, -0.05) is 59.2 Å². The van der Waals surface area contributed by atoms with Crippen LogP contribution >= 0.6 is 35.0 Å². The van der Waals surface area contributed by atoms with Crippen molar-refractivity contribution in [2.75, 3.05) is 5.32 Å². The first kappa shape index (κ1) is 23.3. The molecule has 1 amide bonds. The zero-order valence-electron chi connectivity index (χ0n) is 17.4. The average Bonchev–Trinajstić information content (AvgIpc) is 2.80. The first-order chi connectivity index (χ1) is 15.8. The monoisotopic (exact) mass is 501 g/mol. The number of benzene rings is 3. The number of hydrogen-bond acceptors (Lipinski definition) is 4. The number of anilines is 1. The smallest absolute Gasteiger partial charge is 0.262 e. The summed E-state index contributed by atoms with van der Waals surface area (Å²) in [7, 11) is 0. The molecule has 0 spiro atoms. The molecule has 33 heavy (non-hydrogen) atoms. The number of fused-ring (bicyclic) bond motifs is 1. The molecule has 168 valence electrons. The fourth-order valence-corrected chi connectivity index (χ4v) is 4.43. The Balaban J connectivity index is 1.66. The number of amides is 1. The van der Waals surface area contributed by atoms with E-state index in [4.69, 9.17) is 23.2 Å². The Bertz CT molecular complexity index is 1390. The van der Waals surface area contributed by atoms with Gasteiger partial charge in [0.15, 0.2) is 5.16 Å². The Kier molecular flexibility index (Phi) is 7.02. The highest BCUT2D eigenvalue weighted by molar-refractivity contribution is 8.00. The summed E-state index contributed by atoms with van der Waals surface area (Å²) in [6.07, 6.45) is 0. The lowest BCUT2D eigenvalue weighted by molar-refractivity contribution is -0.115. The summed E-state index contributed by atoms with van der Waals surface area (Å²) >= 11 is 13.3. The maximum absolute atomic E-state index is 13.3. The van der Waals surface area contributed by atoms with Gasteiger partial charge in [0, 0.05) is 5.02 Å². The van der Waals surface area contributed by atoms with E-state index < -0.39 is 5.25 Å². The van der Waals surface area contributed by atoms with Crippen molar-refractivity contribution in [3.63, 3.8) is 0 Å². The minimum Gasteiger partial charge on any atom is -0.324 e. The third-order valence-electron chi connectivity index (χ3n) is 4.92. The van der Waals surface area contributed by atoms with Crippen molar-refractivity contribution in [1.29, 1.82) is 0 Å². The van der Waals surface area contributed by atoms with Gasteiger partial charge in [-0.25, -0.2) is 9.37 Å². The van der Waals surface area contributed by atoms with Crippen molar-refractivity contribution in [2.24, 2.45) is 0 Å². The molecular weight excluding hydrogens is 484 g/mol. The van der Waals surface area contributed by atoms with Crippen LogP contribution in [0.25, 0.3) is 10.9 Å². The van der Waals surface area contributed by atoms with E-state index in [0.717, 1.165) is 17.3 Å². The largest absolute Gasteiger partial charge is 0.324 e. The van der Waals surface area contributed by atoms with Crippen LogP contribution in [0, 0.1) is 5.82 Å². The topological polar surface area (TPSA) is 64.0 Å². The van der Waals surface area contributed by atoms with Crippen LogP contribution in [-0.4, -0.2) is 20.7 Å². The predicted molar refractivity (Wildman–Crippen MR) is 132 cm³/mol. The molecule has 0 fully saturated rings. The Morgan fingerprint density at radius 1 is 1.12 bits per heavy atom. The van der Waals surface area contributed by atoms with Gasteiger partial charge in [-0.15, -0.1) is 0 Å². The highest BCUT2D eigenvalue weighted by atomic mass is 35.5. The molecule has 4 rings (SSSR count). The molecule has 0 aliphatic rings. The van der Waals surface area contributed by atoms with Crippen LogP contribution in [0.3, 0.4) is 0 Å². The summed E-state index contributed by atoms with van der Waals surface area (Å²) in [5.41, 5.74) is 1.43. The zero-order valence-corrected chi connectivity index (χ0v) is 19.7. The number of carbonyl (C=O) groups excluding carboxylic acids is 1. The number of nitrogens with one attached hydrogen (secondary N) is 1. The molecule has 3 aromatic carbocycles. The Hall–Kier alpha value is -2.87. The fourth-order valence-electron chi connectivity index (χ4n) is 3.19. The molecule has 0 radical (unpaired) electrons. The highest BCUT2D eigenvalue weighted by Gasteiger charge is 2.20. The van der Waals surface area contributed by atoms with Gasteiger partial charge in [-0.2, -0.15) is 0 Å². The average molecular weight is 502 g/mol. The molecule has 0 saturated heterocycles. The minimum absolute atomic E-state index is 0.188. The van der Waals surface area contributed by atoms with Crippen molar-refractivity contribution >= 4 is 57.5 Å². The van der Waals surface area contributed by atoms with Gasteiger partial charge in [-0.3, -0.25) is 14.2 Å². The van der Waals surface area contributed by atoms with Gasteiger partial charge in [0.1, 0.15) is 5.82 Å². The second-order valence-corrected chi connectivity index (χ2v) is 9.45. The Labute approximate surface area is 203 Å². The van der Waals surface area contributed by atoms with Crippen molar-refractivity contribution in [3.8, 4) is 0 Å². The molecule has 0 bridgehead atoms. The predicted octanol–water partition coefficient (Wildman–Crippen LogP) is 6.01. The van der Waals surface area contributed by atoms with Gasteiger partial charge in [0.05, 0.1) is 33.4 Å². The van der Waals surface area contributed by atoms with Crippen LogP contribution in [0.4, 0.5) is 10.1 Å². The number of carbonyl (C=O) groups is 1. The van der Waals surface area contributed by atoms with Crippen molar-refractivity contribution in [3.05, 3.63) is 98.5 Å². The molecular formula is C24H18Cl2FN3O2S. The number of thioether (sulfide) groups is 1. The maximum atomic E-state index is 13.3. The quantitative estimate of drug-likeness (QED) is 0.259. The molecule has 1 N–H and O–H groups in total. The molecule has 0 saturated carbocycles. The van der Waals surface area contributed by atoms with E-state index in [1.807, 2.05) is 0 Å². The minimum atomic E-state index is -0.604. The number of hydrogen-bond donors (Lipinski definition) is 1. The Morgan fingerprint density at radius 3 is 2.61 bits per heavy atom. The normalized spacial score (nSPS) is 12.0. The molecule has 4 aromatic rings. The van der Waals surface area contributed by atoms with Crippen molar-refractivity contribution in [1.82, 2.24) is 9.55 Å². The number of halogens is 3. The van der Waals surface area contributed by atoms with Gasteiger partial charge in [0.25, 0.3) is 5.56 Å². The van der Waals surface area contributed by atoms with Crippen LogP contribution < -0.4 is 10.9 Å². The molecule has 1 heterocycles. The van der Waals surface area contributed by atoms with E-state index in [-0.39, 0.29) is 23.8 Å². The fraction of sp³-hybridized carbons (Fsp3) is 0.125. The molecule has 0 aliphatic heterocycles. The summed E-state index contributed by atoms with van der Waals surface area (Å²) in [5.74, 6) is -0.679. The highest BCUT2D eigenvalue weighted by Crippen LogP contribution is 2.28. The number of para-hydroxylation sites is 1. The number of rotatable bonds is 6. The van der Waals surface area contributed by atoms with E-state index >= 15 is 0 Å². The summed E-state index contributed by atoms with van der Waals surface area (Å²) in [6.45, 7) is 1.90. The van der Waals surface area contributed by atoms with E-state index in [1.165, 1.54) is 16.7 Å². The first-order valence-electron chi connectivity index (χ1n) is 9.98. The molecule has 1 aromatic heterocycles. The summed E-state index contributed by atoms with van der Waals surface area (Å²) in [6, 6.07) is 17.7. The second-order valence-electron chi connectivity index (χ2n) is 7.30. The molecule has 0 aliphatic carbocycles. The number of nitrogens with zero attached hydrogens (tertiary/aromatic N) is 2. The van der Waals surface area contributed by atoms with Gasteiger partial charge in [-0.05, 0) is 55.0 Å². The van der Waals surface area contributed by atoms with Gasteiger partial charge < -0.3 is 5.32 Å². The third kappa shape index (κ3) is 5.38. The lowest BCUT2D eigenvalue weighted by Gasteiger charge is -2.17. The van der Waals surface area contributed by atoms with Crippen molar-refractivity contribution in [2.45, 2.75) is 23.9 Å². The van der Waals surface area contributed by atoms with Crippen molar-refractivity contribution < 1.29 is 9.18 Å².